The summed E-state index contributed by atoms with van der Waals surface area (Å²) in [5.74, 6) is 0.589. The van der Waals surface area contributed by atoms with Gasteiger partial charge in [0.25, 0.3) is 0 Å². The summed E-state index contributed by atoms with van der Waals surface area (Å²) in [4.78, 5) is 18.0. The molecular formula is C15H20Br2N2O3. The molecule has 0 atom stereocenters. The molecule has 0 saturated carbocycles. The Hall–Kier alpha value is -0.820. The first-order chi connectivity index (χ1) is 10.2. The average molecular weight is 436 g/mol. The molecule has 0 N–H and O–H groups in total. The van der Waals surface area contributed by atoms with E-state index in [1.807, 2.05) is 32.9 Å². The standard InChI is InChI=1S/C15H20Br2N2O3/c1-15(2,3)22-14(20)19-8-6-10(7-9-19)21-12-5-4-11(16)13(17)18-12/h4-5,10H,6-9H2,1-3H3. The Balaban J connectivity index is 1.84. The number of piperidine rings is 1. The summed E-state index contributed by atoms with van der Waals surface area (Å²) in [6.45, 7) is 6.89. The van der Waals surface area contributed by atoms with Crippen LogP contribution in [0.3, 0.4) is 0 Å². The van der Waals surface area contributed by atoms with E-state index in [0.29, 0.717) is 19.0 Å². The third kappa shape index (κ3) is 5.12. The number of hydrogen-bond donors (Lipinski definition) is 0. The second-order valence-corrected chi connectivity index (χ2v) is 7.81. The summed E-state index contributed by atoms with van der Waals surface area (Å²) < 4.78 is 12.9. The van der Waals surface area contributed by atoms with Crippen LogP contribution in [0.2, 0.25) is 0 Å². The van der Waals surface area contributed by atoms with Gasteiger partial charge in [0.05, 0.1) is 4.47 Å². The van der Waals surface area contributed by atoms with Gasteiger partial charge in [-0.05, 0) is 58.7 Å². The van der Waals surface area contributed by atoms with Crippen molar-refractivity contribution in [2.45, 2.75) is 45.3 Å². The molecule has 0 aromatic carbocycles. The highest BCUT2D eigenvalue weighted by atomic mass is 79.9. The molecule has 0 unspecified atom stereocenters. The maximum atomic E-state index is 12.0. The van der Waals surface area contributed by atoms with Crippen LogP contribution in [0.4, 0.5) is 4.79 Å². The summed E-state index contributed by atoms with van der Waals surface area (Å²) in [5, 5.41) is 0. The van der Waals surface area contributed by atoms with E-state index in [0.717, 1.165) is 21.9 Å². The van der Waals surface area contributed by atoms with Gasteiger partial charge >= 0.3 is 6.09 Å². The zero-order valence-electron chi connectivity index (χ0n) is 12.9. The number of rotatable bonds is 2. The van der Waals surface area contributed by atoms with Crippen molar-refractivity contribution in [3.8, 4) is 5.88 Å². The molecule has 7 heteroatoms. The first-order valence-corrected chi connectivity index (χ1v) is 8.80. The molecule has 122 valence electrons. The van der Waals surface area contributed by atoms with E-state index in [-0.39, 0.29) is 12.2 Å². The maximum Gasteiger partial charge on any atom is 0.410 e. The van der Waals surface area contributed by atoms with Gasteiger partial charge < -0.3 is 14.4 Å². The number of carbonyl (C=O) groups is 1. The minimum Gasteiger partial charge on any atom is -0.474 e. The molecule has 5 nitrogen and oxygen atoms in total. The van der Waals surface area contributed by atoms with Crippen LogP contribution < -0.4 is 4.74 Å². The predicted molar refractivity (Wildman–Crippen MR) is 91.1 cm³/mol. The Morgan fingerprint density at radius 1 is 1.27 bits per heavy atom. The quantitative estimate of drug-likeness (QED) is 0.646. The zero-order valence-corrected chi connectivity index (χ0v) is 16.1. The minimum atomic E-state index is -0.460. The van der Waals surface area contributed by atoms with Gasteiger partial charge in [-0.1, -0.05) is 0 Å². The first-order valence-electron chi connectivity index (χ1n) is 7.21. The van der Waals surface area contributed by atoms with Gasteiger partial charge in [-0.15, -0.1) is 0 Å². The fourth-order valence-electron chi connectivity index (χ4n) is 2.12. The topological polar surface area (TPSA) is 51.7 Å². The Morgan fingerprint density at radius 2 is 1.91 bits per heavy atom. The smallest absolute Gasteiger partial charge is 0.410 e. The predicted octanol–water partition coefficient (Wildman–Crippen LogP) is 4.38. The van der Waals surface area contributed by atoms with Crippen molar-refractivity contribution in [1.29, 1.82) is 0 Å². The van der Waals surface area contributed by atoms with Gasteiger partial charge in [0.15, 0.2) is 0 Å². The summed E-state index contributed by atoms with van der Waals surface area (Å²) in [7, 11) is 0. The Kier molecular flexibility index (Phi) is 5.71. The maximum absolute atomic E-state index is 12.0. The molecule has 0 bridgehead atoms. The van der Waals surface area contributed by atoms with Crippen LogP contribution in [0.5, 0.6) is 5.88 Å². The lowest BCUT2D eigenvalue weighted by molar-refractivity contribution is 0.0123. The van der Waals surface area contributed by atoms with Crippen LogP contribution in [0.1, 0.15) is 33.6 Å². The molecule has 22 heavy (non-hydrogen) atoms. The second-order valence-electron chi connectivity index (χ2n) is 6.21. The van der Waals surface area contributed by atoms with Crippen molar-refractivity contribution in [1.82, 2.24) is 9.88 Å². The van der Waals surface area contributed by atoms with E-state index >= 15 is 0 Å². The number of halogens is 2. The number of ether oxygens (including phenoxy) is 2. The van der Waals surface area contributed by atoms with Gasteiger partial charge in [-0.2, -0.15) is 0 Å². The van der Waals surface area contributed by atoms with Gasteiger partial charge in [0.1, 0.15) is 16.3 Å². The van der Waals surface area contributed by atoms with Gasteiger partial charge in [0, 0.05) is 32.0 Å². The average Bonchev–Trinajstić information content (AvgIpc) is 2.42. The van der Waals surface area contributed by atoms with Crippen molar-refractivity contribution in [3.05, 3.63) is 21.2 Å². The van der Waals surface area contributed by atoms with Crippen molar-refractivity contribution >= 4 is 38.0 Å². The van der Waals surface area contributed by atoms with E-state index < -0.39 is 5.60 Å². The second kappa shape index (κ2) is 7.17. The highest BCUT2D eigenvalue weighted by molar-refractivity contribution is 9.13. The number of amides is 1. The molecule has 1 fully saturated rings. The molecule has 1 aromatic rings. The highest BCUT2D eigenvalue weighted by Crippen LogP contribution is 2.25. The number of nitrogens with zero attached hydrogens (tertiary/aromatic N) is 2. The van der Waals surface area contributed by atoms with Crippen LogP contribution in [-0.2, 0) is 4.74 Å². The number of likely N-dealkylation sites (tertiary alicyclic amines) is 1. The molecule has 1 saturated heterocycles. The minimum absolute atomic E-state index is 0.0688. The van der Waals surface area contributed by atoms with Crippen LogP contribution in [-0.4, -0.2) is 40.8 Å². The Labute approximate surface area is 147 Å². The lowest BCUT2D eigenvalue weighted by Gasteiger charge is -2.33. The first kappa shape index (κ1) is 17.5. The third-order valence-corrected chi connectivity index (χ3v) is 4.94. The van der Waals surface area contributed by atoms with Gasteiger partial charge in [-0.3, -0.25) is 0 Å². The number of aromatic nitrogens is 1. The van der Waals surface area contributed by atoms with Crippen LogP contribution >= 0.6 is 31.9 Å². The van der Waals surface area contributed by atoms with Gasteiger partial charge in [0.2, 0.25) is 5.88 Å². The molecule has 2 rings (SSSR count). The lowest BCUT2D eigenvalue weighted by atomic mass is 10.1. The van der Waals surface area contributed by atoms with E-state index in [2.05, 4.69) is 36.8 Å². The van der Waals surface area contributed by atoms with E-state index in [1.165, 1.54) is 0 Å². The number of pyridine rings is 1. The summed E-state index contributed by atoms with van der Waals surface area (Å²) in [5.41, 5.74) is -0.460. The number of carbonyl (C=O) groups excluding carboxylic acids is 1. The van der Waals surface area contributed by atoms with Crippen LogP contribution in [0, 0.1) is 0 Å². The molecule has 2 heterocycles. The van der Waals surface area contributed by atoms with Crippen molar-refractivity contribution < 1.29 is 14.3 Å². The zero-order chi connectivity index (χ0) is 16.3. The molecule has 1 aliphatic heterocycles. The third-order valence-electron chi connectivity index (χ3n) is 3.16. The Morgan fingerprint density at radius 3 is 2.45 bits per heavy atom. The highest BCUT2D eigenvalue weighted by Gasteiger charge is 2.27. The molecule has 0 aliphatic carbocycles. The molecule has 1 aliphatic rings. The normalized spacial score (nSPS) is 16.5. The molecule has 1 amide bonds. The summed E-state index contributed by atoms with van der Waals surface area (Å²) >= 11 is 6.74. The van der Waals surface area contributed by atoms with Crippen molar-refractivity contribution in [3.63, 3.8) is 0 Å². The summed E-state index contributed by atoms with van der Waals surface area (Å²) in [6.07, 6.45) is 1.36. The van der Waals surface area contributed by atoms with Gasteiger partial charge in [-0.25, -0.2) is 9.78 Å². The Bertz CT molecular complexity index is 538. The largest absolute Gasteiger partial charge is 0.474 e. The molecular weight excluding hydrogens is 416 g/mol. The fraction of sp³-hybridized carbons (Fsp3) is 0.600. The van der Waals surface area contributed by atoms with E-state index in [9.17, 15) is 4.79 Å². The SMILES string of the molecule is CC(C)(C)OC(=O)N1CCC(Oc2ccc(Br)c(Br)n2)CC1. The van der Waals surface area contributed by atoms with Crippen LogP contribution in [0.25, 0.3) is 0 Å². The summed E-state index contributed by atoms with van der Waals surface area (Å²) in [6, 6.07) is 3.72. The molecule has 0 radical (unpaired) electrons. The fourth-order valence-corrected chi connectivity index (χ4v) is 2.65. The van der Waals surface area contributed by atoms with Crippen molar-refractivity contribution in [2.24, 2.45) is 0 Å². The monoisotopic (exact) mass is 434 g/mol. The van der Waals surface area contributed by atoms with E-state index in [1.54, 1.807) is 4.90 Å². The lowest BCUT2D eigenvalue weighted by Crippen LogP contribution is -2.44. The molecule has 1 aromatic heterocycles. The van der Waals surface area contributed by atoms with Crippen molar-refractivity contribution in [2.75, 3.05) is 13.1 Å². The van der Waals surface area contributed by atoms with E-state index in [4.69, 9.17) is 9.47 Å². The number of hydrogen-bond acceptors (Lipinski definition) is 4. The molecule has 0 spiro atoms. The van der Waals surface area contributed by atoms with Crippen LogP contribution in [0.15, 0.2) is 21.2 Å².